The Morgan fingerprint density at radius 2 is 1.95 bits per heavy atom. The summed E-state index contributed by atoms with van der Waals surface area (Å²) in [6.07, 6.45) is 0.655. The van der Waals surface area contributed by atoms with Gasteiger partial charge in [0.1, 0.15) is 0 Å². The van der Waals surface area contributed by atoms with Crippen LogP contribution in [0.25, 0.3) is 11.3 Å². The van der Waals surface area contributed by atoms with Crippen molar-refractivity contribution in [3.05, 3.63) is 27.9 Å². The predicted molar refractivity (Wildman–Crippen MR) is 81.8 cm³/mol. The number of aromatic carboxylic acids is 1. The molecule has 0 atom stereocenters. The van der Waals surface area contributed by atoms with Gasteiger partial charge >= 0.3 is 5.97 Å². The molecule has 2 rings (SSSR count). The first kappa shape index (κ1) is 16.0. The first-order valence-corrected chi connectivity index (χ1v) is 6.91. The normalized spacial score (nSPS) is 10.4. The molecule has 0 spiro atoms. The summed E-state index contributed by atoms with van der Waals surface area (Å²) in [6.45, 7) is 0. The number of ether oxygens (including phenoxy) is 2. The van der Waals surface area contributed by atoms with E-state index in [4.69, 9.17) is 14.6 Å². The maximum atomic E-state index is 11.2. The quantitative estimate of drug-likeness (QED) is 0.814. The van der Waals surface area contributed by atoms with Gasteiger partial charge in [0.25, 0.3) is 0 Å². The van der Waals surface area contributed by atoms with E-state index in [1.165, 1.54) is 25.0 Å². The fourth-order valence-corrected chi connectivity index (χ4v) is 2.79. The number of rotatable bonds is 5. The van der Waals surface area contributed by atoms with E-state index in [9.17, 15) is 9.59 Å². The molecule has 1 aromatic heterocycles. The fraction of sp³-hybridized carbons (Fsp3) is 0.214. The van der Waals surface area contributed by atoms with Crippen LogP contribution in [0.3, 0.4) is 0 Å². The maximum absolute atomic E-state index is 11.2. The zero-order chi connectivity index (χ0) is 16.4. The molecule has 0 fully saturated rings. The van der Waals surface area contributed by atoms with Crippen LogP contribution < -0.4 is 9.47 Å². The molecule has 1 heterocycles. The molecule has 0 saturated heterocycles. The minimum absolute atomic E-state index is 0.0927. The van der Waals surface area contributed by atoms with Crippen LogP contribution in [0, 0.1) is 0 Å². The number of carboxylic acids is 1. The van der Waals surface area contributed by atoms with E-state index >= 15 is 0 Å². The highest BCUT2D eigenvalue weighted by Gasteiger charge is 2.23. The molecule has 0 saturated carbocycles. The number of aromatic nitrogens is 2. The minimum atomic E-state index is -1.13. The zero-order valence-electron chi connectivity index (χ0n) is 12.1. The van der Waals surface area contributed by atoms with Crippen LogP contribution in [0.4, 0.5) is 0 Å². The smallest absolute Gasteiger partial charge is 0.356 e. The van der Waals surface area contributed by atoms with Crippen molar-refractivity contribution in [1.82, 2.24) is 9.78 Å². The molecule has 116 valence electrons. The minimum Gasteiger partial charge on any atom is -0.492 e. The molecular weight excluding hydrogens is 356 g/mol. The summed E-state index contributed by atoms with van der Waals surface area (Å²) in [5, 5.41) is 13.0. The Bertz CT molecular complexity index is 754. The van der Waals surface area contributed by atoms with Gasteiger partial charge in [-0.3, -0.25) is 9.48 Å². The summed E-state index contributed by atoms with van der Waals surface area (Å²) in [5.41, 5.74) is 1.28. The first-order chi connectivity index (χ1) is 10.4. The van der Waals surface area contributed by atoms with Crippen LogP contribution in [0.5, 0.6) is 11.5 Å². The topological polar surface area (TPSA) is 90.7 Å². The monoisotopic (exact) mass is 368 g/mol. The van der Waals surface area contributed by atoms with Crippen LogP contribution in [-0.2, 0) is 7.05 Å². The van der Waals surface area contributed by atoms with E-state index in [-0.39, 0.29) is 11.4 Å². The zero-order valence-corrected chi connectivity index (χ0v) is 13.7. The lowest BCUT2D eigenvalue weighted by Gasteiger charge is -2.16. The van der Waals surface area contributed by atoms with Crippen molar-refractivity contribution in [2.75, 3.05) is 14.2 Å². The van der Waals surface area contributed by atoms with Crippen LogP contribution in [0.15, 0.2) is 16.6 Å². The lowest BCUT2D eigenvalue weighted by molar-refractivity contribution is 0.0689. The molecule has 0 radical (unpaired) electrons. The standard InChI is InChI=1S/C14H13BrN2O5/c1-17-10(5-9(16-17)14(19)20)11-8(15)4-7(6-18)12(21-2)13(11)22-3/h4-6H,1-3H3,(H,19,20). The molecule has 7 nitrogen and oxygen atoms in total. The number of hydrogen-bond acceptors (Lipinski definition) is 5. The highest BCUT2D eigenvalue weighted by molar-refractivity contribution is 9.10. The van der Waals surface area contributed by atoms with Gasteiger partial charge in [-0.15, -0.1) is 0 Å². The van der Waals surface area contributed by atoms with Crippen LogP contribution in [0.1, 0.15) is 20.8 Å². The van der Waals surface area contributed by atoms with E-state index in [1.807, 2.05) is 0 Å². The van der Waals surface area contributed by atoms with Crippen LogP contribution in [-0.4, -0.2) is 41.4 Å². The molecule has 1 N–H and O–H groups in total. The van der Waals surface area contributed by atoms with Gasteiger partial charge in [-0.1, -0.05) is 0 Å². The largest absolute Gasteiger partial charge is 0.492 e. The van der Waals surface area contributed by atoms with Gasteiger partial charge in [0, 0.05) is 11.5 Å². The van der Waals surface area contributed by atoms with E-state index < -0.39 is 5.97 Å². The van der Waals surface area contributed by atoms with Gasteiger partial charge in [0.05, 0.1) is 31.0 Å². The molecular formula is C14H13BrN2O5. The number of carbonyl (C=O) groups excluding carboxylic acids is 1. The molecule has 0 unspecified atom stereocenters. The van der Waals surface area contributed by atoms with E-state index in [0.29, 0.717) is 33.3 Å². The van der Waals surface area contributed by atoms with Crippen molar-refractivity contribution in [3.63, 3.8) is 0 Å². The maximum Gasteiger partial charge on any atom is 0.356 e. The summed E-state index contributed by atoms with van der Waals surface area (Å²) in [4.78, 5) is 22.2. The lowest BCUT2D eigenvalue weighted by atomic mass is 10.1. The molecule has 0 bridgehead atoms. The SMILES string of the molecule is COc1c(C=O)cc(Br)c(-c2cc(C(=O)O)nn2C)c1OC. The molecule has 0 amide bonds. The van der Waals surface area contributed by atoms with E-state index in [2.05, 4.69) is 21.0 Å². The van der Waals surface area contributed by atoms with Crippen molar-refractivity contribution in [2.24, 2.45) is 7.05 Å². The van der Waals surface area contributed by atoms with E-state index in [1.54, 1.807) is 13.1 Å². The van der Waals surface area contributed by atoms with Crippen molar-refractivity contribution in [1.29, 1.82) is 0 Å². The summed E-state index contributed by atoms with van der Waals surface area (Å²) < 4.78 is 12.6. The molecule has 0 aliphatic heterocycles. The molecule has 0 aliphatic carbocycles. The Morgan fingerprint density at radius 1 is 1.32 bits per heavy atom. The summed E-state index contributed by atoms with van der Waals surface area (Å²) >= 11 is 3.38. The number of hydrogen-bond donors (Lipinski definition) is 1. The number of aryl methyl sites for hydroxylation is 1. The van der Waals surface area contributed by atoms with Crippen molar-refractivity contribution in [2.45, 2.75) is 0 Å². The molecule has 0 aliphatic rings. The predicted octanol–water partition coefficient (Wildman–Crippen LogP) is 2.38. The van der Waals surface area contributed by atoms with Crippen molar-refractivity contribution in [3.8, 4) is 22.8 Å². The number of carbonyl (C=O) groups is 2. The number of methoxy groups -OCH3 is 2. The summed E-state index contributed by atoms with van der Waals surface area (Å²) in [5.74, 6) is -0.541. The molecule has 8 heteroatoms. The Kier molecular flexibility index (Phi) is 4.51. The lowest BCUT2D eigenvalue weighted by Crippen LogP contribution is -2.02. The second-order valence-corrected chi connectivity index (χ2v) is 5.20. The third kappa shape index (κ3) is 2.57. The molecule has 22 heavy (non-hydrogen) atoms. The Balaban J connectivity index is 2.80. The number of benzene rings is 1. The van der Waals surface area contributed by atoms with Crippen LogP contribution in [0.2, 0.25) is 0 Å². The van der Waals surface area contributed by atoms with Crippen molar-refractivity contribution >= 4 is 28.2 Å². The third-order valence-electron chi connectivity index (χ3n) is 3.11. The fourth-order valence-electron chi connectivity index (χ4n) is 2.16. The Morgan fingerprint density at radius 3 is 2.41 bits per heavy atom. The average molecular weight is 369 g/mol. The molecule has 1 aromatic carbocycles. The Labute approximate surface area is 134 Å². The number of carboxylic acid groups (broad SMARTS) is 1. The van der Waals surface area contributed by atoms with Gasteiger partial charge in [-0.05, 0) is 28.1 Å². The van der Waals surface area contributed by atoms with Gasteiger partial charge in [-0.2, -0.15) is 5.10 Å². The number of halogens is 1. The van der Waals surface area contributed by atoms with E-state index in [0.717, 1.165) is 0 Å². The first-order valence-electron chi connectivity index (χ1n) is 6.11. The number of nitrogens with zero attached hydrogens (tertiary/aromatic N) is 2. The second-order valence-electron chi connectivity index (χ2n) is 4.35. The highest BCUT2D eigenvalue weighted by Crippen LogP contribution is 2.44. The summed E-state index contributed by atoms with van der Waals surface area (Å²) in [7, 11) is 4.49. The van der Waals surface area contributed by atoms with Gasteiger partial charge in [-0.25, -0.2) is 4.79 Å². The van der Waals surface area contributed by atoms with Gasteiger partial charge in [0.15, 0.2) is 23.5 Å². The second kappa shape index (κ2) is 6.18. The average Bonchev–Trinajstić information content (AvgIpc) is 2.87. The van der Waals surface area contributed by atoms with Gasteiger partial charge in [0.2, 0.25) is 0 Å². The molecule has 2 aromatic rings. The summed E-state index contributed by atoms with van der Waals surface area (Å²) in [6, 6.07) is 3.00. The Hall–Kier alpha value is -2.35. The van der Waals surface area contributed by atoms with Crippen molar-refractivity contribution < 1.29 is 24.2 Å². The van der Waals surface area contributed by atoms with Crippen LogP contribution >= 0.6 is 15.9 Å². The highest BCUT2D eigenvalue weighted by atomic mass is 79.9. The number of aldehydes is 1. The third-order valence-corrected chi connectivity index (χ3v) is 3.73. The van der Waals surface area contributed by atoms with Gasteiger partial charge < -0.3 is 14.6 Å².